The maximum Gasteiger partial charge on any atom is 0.227 e. The van der Waals surface area contributed by atoms with E-state index >= 15 is 0 Å². The Bertz CT molecular complexity index is 1100. The molecular weight excluding hydrogens is 368 g/mol. The molecular formula is C23H22N2O2S. The number of aryl methyl sites for hydroxylation is 1. The van der Waals surface area contributed by atoms with Crippen LogP contribution in [0.15, 0.2) is 65.5 Å². The second-order valence-electron chi connectivity index (χ2n) is 6.98. The van der Waals surface area contributed by atoms with Crippen LogP contribution in [0.3, 0.4) is 0 Å². The standard InChI is InChI=1S/C23H22N2O2S/c1-3-20-12-18-10-16(7-8-22(18)28-20)9-15(2)23(26)25-19-6-4-5-17(11-19)21-13-24-14-27-21/h4-8,10-15H,3,9H2,1-2H3,(H,25,26). The molecule has 1 amide bonds. The van der Waals surface area contributed by atoms with Crippen molar-refractivity contribution in [3.8, 4) is 11.3 Å². The maximum atomic E-state index is 12.7. The Morgan fingerprint density at radius 2 is 2.11 bits per heavy atom. The molecule has 2 aromatic heterocycles. The van der Waals surface area contributed by atoms with E-state index in [0.29, 0.717) is 12.2 Å². The Morgan fingerprint density at radius 1 is 1.21 bits per heavy atom. The second-order valence-corrected chi connectivity index (χ2v) is 8.15. The number of nitrogens with zero attached hydrogens (tertiary/aromatic N) is 1. The lowest BCUT2D eigenvalue weighted by Gasteiger charge is -2.13. The average molecular weight is 391 g/mol. The molecule has 2 aromatic carbocycles. The fraction of sp³-hybridized carbons (Fsp3) is 0.217. The lowest BCUT2D eigenvalue weighted by atomic mass is 9.99. The monoisotopic (exact) mass is 390 g/mol. The Labute approximate surface area is 168 Å². The Kier molecular flexibility index (Phi) is 5.26. The van der Waals surface area contributed by atoms with E-state index < -0.39 is 0 Å². The minimum atomic E-state index is -0.129. The van der Waals surface area contributed by atoms with E-state index in [9.17, 15) is 4.79 Å². The first kappa shape index (κ1) is 18.4. The van der Waals surface area contributed by atoms with Crippen LogP contribution in [0.2, 0.25) is 0 Å². The molecule has 0 aliphatic rings. The highest BCUT2D eigenvalue weighted by molar-refractivity contribution is 7.19. The van der Waals surface area contributed by atoms with E-state index in [-0.39, 0.29) is 11.8 Å². The van der Waals surface area contributed by atoms with Gasteiger partial charge in [0.05, 0.1) is 6.20 Å². The van der Waals surface area contributed by atoms with Crippen LogP contribution in [0, 0.1) is 5.92 Å². The van der Waals surface area contributed by atoms with Crippen molar-refractivity contribution in [1.29, 1.82) is 0 Å². The Morgan fingerprint density at radius 3 is 2.89 bits per heavy atom. The zero-order chi connectivity index (χ0) is 19.5. The summed E-state index contributed by atoms with van der Waals surface area (Å²) in [5, 5.41) is 4.29. The first-order chi connectivity index (χ1) is 13.6. The van der Waals surface area contributed by atoms with Crippen LogP contribution >= 0.6 is 11.3 Å². The van der Waals surface area contributed by atoms with E-state index in [0.717, 1.165) is 17.7 Å². The number of aromatic nitrogens is 1. The molecule has 0 radical (unpaired) electrons. The van der Waals surface area contributed by atoms with Gasteiger partial charge in [0.15, 0.2) is 12.2 Å². The Hall–Kier alpha value is -2.92. The molecule has 4 aromatic rings. The van der Waals surface area contributed by atoms with Crippen molar-refractivity contribution in [2.24, 2.45) is 5.92 Å². The summed E-state index contributed by atoms with van der Waals surface area (Å²) in [7, 11) is 0. The summed E-state index contributed by atoms with van der Waals surface area (Å²) in [4.78, 5) is 18.0. The number of thiophene rings is 1. The van der Waals surface area contributed by atoms with Gasteiger partial charge < -0.3 is 9.73 Å². The third-order valence-corrected chi connectivity index (χ3v) is 6.08. The topological polar surface area (TPSA) is 55.1 Å². The predicted molar refractivity (Wildman–Crippen MR) is 115 cm³/mol. The smallest absolute Gasteiger partial charge is 0.227 e. The largest absolute Gasteiger partial charge is 0.444 e. The molecule has 1 unspecified atom stereocenters. The molecule has 0 saturated heterocycles. The highest BCUT2D eigenvalue weighted by Gasteiger charge is 2.15. The van der Waals surface area contributed by atoms with Gasteiger partial charge in [-0.25, -0.2) is 4.98 Å². The zero-order valence-electron chi connectivity index (χ0n) is 15.9. The van der Waals surface area contributed by atoms with Crippen molar-refractivity contribution >= 4 is 33.0 Å². The van der Waals surface area contributed by atoms with Crippen molar-refractivity contribution in [2.75, 3.05) is 5.32 Å². The van der Waals surface area contributed by atoms with E-state index in [1.165, 1.54) is 26.9 Å². The summed E-state index contributed by atoms with van der Waals surface area (Å²) in [5.74, 6) is 0.560. The van der Waals surface area contributed by atoms with Gasteiger partial charge in [0.1, 0.15) is 0 Å². The van der Waals surface area contributed by atoms with Crippen LogP contribution < -0.4 is 5.32 Å². The quantitative estimate of drug-likeness (QED) is 0.443. The summed E-state index contributed by atoms with van der Waals surface area (Å²) >= 11 is 1.84. The zero-order valence-corrected chi connectivity index (χ0v) is 16.8. The van der Waals surface area contributed by atoms with Crippen molar-refractivity contribution in [2.45, 2.75) is 26.7 Å². The SMILES string of the molecule is CCc1cc2cc(CC(C)C(=O)Nc3cccc(-c4cnco4)c3)ccc2s1. The number of benzene rings is 2. The number of anilines is 1. The minimum Gasteiger partial charge on any atom is -0.444 e. The molecule has 2 heterocycles. The third kappa shape index (κ3) is 3.99. The summed E-state index contributed by atoms with van der Waals surface area (Å²) < 4.78 is 6.64. The van der Waals surface area contributed by atoms with Gasteiger partial charge in [0.25, 0.3) is 0 Å². The number of amides is 1. The molecule has 4 rings (SSSR count). The summed E-state index contributed by atoms with van der Waals surface area (Å²) in [6, 6.07) is 16.4. The molecule has 0 saturated carbocycles. The molecule has 0 spiro atoms. The van der Waals surface area contributed by atoms with Gasteiger partial charge in [-0.3, -0.25) is 4.79 Å². The van der Waals surface area contributed by atoms with Crippen LogP contribution in [0.5, 0.6) is 0 Å². The first-order valence-electron chi connectivity index (χ1n) is 9.43. The molecule has 142 valence electrons. The molecule has 0 aliphatic heterocycles. The van der Waals surface area contributed by atoms with Crippen molar-refractivity contribution in [3.63, 3.8) is 0 Å². The van der Waals surface area contributed by atoms with Crippen LogP contribution in [-0.4, -0.2) is 10.9 Å². The predicted octanol–water partition coefficient (Wildman–Crippen LogP) is 5.94. The molecule has 0 bridgehead atoms. The summed E-state index contributed by atoms with van der Waals surface area (Å²) in [5.41, 5.74) is 2.83. The number of hydrogen-bond acceptors (Lipinski definition) is 4. The van der Waals surface area contributed by atoms with Crippen molar-refractivity contribution < 1.29 is 9.21 Å². The summed E-state index contributed by atoms with van der Waals surface area (Å²) in [6.45, 7) is 4.14. The maximum absolute atomic E-state index is 12.7. The number of nitrogens with one attached hydrogen (secondary N) is 1. The highest BCUT2D eigenvalue weighted by atomic mass is 32.1. The number of carbonyl (C=O) groups is 1. The number of hydrogen-bond donors (Lipinski definition) is 1. The normalized spacial score (nSPS) is 12.2. The fourth-order valence-corrected chi connectivity index (χ4v) is 4.25. The average Bonchev–Trinajstić information content (AvgIpc) is 3.37. The minimum absolute atomic E-state index is 0.00869. The molecule has 28 heavy (non-hydrogen) atoms. The molecule has 0 fully saturated rings. The van der Waals surface area contributed by atoms with Gasteiger partial charge in [-0.05, 0) is 48.1 Å². The van der Waals surface area contributed by atoms with E-state index in [2.05, 4.69) is 41.5 Å². The lowest BCUT2D eigenvalue weighted by molar-refractivity contribution is -0.119. The number of fused-ring (bicyclic) bond motifs is 1. The van der Waals surface area contributed by atoms with Gasteiger partial charge in [0.2, 0.25) is 5.91 Å². The van der Waals surface area contributed by atoms with Crippen LogP contribution in [0.25, 0.3) is 21.4 Å². The Balaban J connectivity index is 1.44. The lowest BCUT2D eigenvalue weighted by Crippen LogP contribution is -2.22. The van der Waals surface area contributed by atoms with E-state index in [4.69, 9.17) is 4.42 Å². The van der Waals surface area contributed by atoms with Crippen molar-refractivity contribution in [3.05, 3.63) is 71.6 Å². The number of rotatable bonds is 6. The molecule has 1 N–H and O–H groups in total. The number of oxazole rings is 1. The van der Waals surface area contributed by atoms with Gasteiger partial charge in [-0.1, -0.05) is 38.1 Å². The van der Waals surface area contributed by atoms with Crippen LogP contribution in [-0.2, 0) is 17.6 Å². The molecule has 0 aliphatic carbocycles. The molecule has 5 heteroatoms. The molecule has 4 nitrogen and oxygen atoms in total. The second kappa shape index (κ2) is 7.98. The number of carbonyl (C=O) groups excluding carboxylic acids is 1. The van der Waals surface area contributed by atoms with Gasteiger partial charge in [-0.2, -0.15) is 0 Å². The van der Waals surface area contributed by atoms with Gasteiger partial charge in [0, 0.05) is 26.7 Å². The summed E-state index contributed by atoms with van der Waals surface area (Å²) in [6.07, 6.45) is 4.83. The van der Waals surface area contributed by atoms with Crippen molar-refractivity contribution in [1.82, 2.24) is 4.98 Å². The third-order valence-electron chi connectivity index (χ3n) is 4.82. The van der Waals surface area contributed by atoms with Crippen LogP contribution in [0.4, 0.5) is 5.69 Å². The van der Waals surface area contributed by atoms with Crippen LogP contribution in [0.1, 0.15) is 24.3 Å². The first-order valence-corrected chi connectivity index (χ1v) is 10.2. The van der Waals surface area contributed by atoms with E-state index in [1.54, 1.807) is 6.20 Å². The highest BCUT2D eigenvalue weighted by Crippen LogP contribution is 2.28. The van der Waals surface area contributed by atoms with Gasteiger partial charge >= 0.3 is 0 Å². The van der Waals surface area contributed by atoms with Gasteiger partial charge in [-0.15, -0.1) is 11.3 Å². The molecule has 1 atom stereocenters. The fourth-order valence-electron chi connectivity index (χ4n) is 3.27. The van der Waals surface area contributed by atoms with E-state index in [1.807, 2.05) is 42.5 Å².